The Bertz CT molecular complexity index is 185. The summed E-state index contributed by atoms with van der Waals surface area (Å²) in [6.45, 7) is 7.19. The third-order valence-corrected chi connectivity index (χ3v) is 2.14. The molecule has 0 spiro atoms. The zero-order chi connectivity index (χ0) is 9.68. The van der Waals surface area contributed by atoms with E-state index in [1.54, 1.807) is 0 Å². The molecule has 0 aromatic carbocycles. The molecular formula is C10H19N3. The van der Waals surface area contributed by atoms with E-state index < -0.39 is 0 Å². The third-order valence-electron chi connectivity index (χ3n) is 2.14. The van der Waals surface area contributed by atoms with Crippen LogP contribution in [0.5, 0.6) is 0 Å². The molecular weight excluding hydrogens is 162 g/mol. The van der Waals surface area contributed by atoms with Crippen LogP contribution in [0.2, 0.25) is 0 Å². The average molecular weight is 181 g/mol. The molecule has 0 aliphatic carbocycles. The number of hydrogen-bond donors (Lipinski definition) is 0. The Morgan fingerprint density at radius 3 is 2.54 bits per heavy atom. The molecule has 0 aromatic rings. The minimum atomic E-state index is 0.755. The molecule has 3 nitrogen and oxygen atoms in total. The lowest BCUT2D eigenvalue weighted by molar-refractivity contribution is -0.00821. The van der Waals surface area contributed by atoms with Crippen molar-refractivity contribution in [2.24, 2.45) is 0 Å². The summed E-state index contributed by atoms with van der Waals surface area (Å²) in [6.07, 6.45) is 6.50. The van der Waals surface area contributed by atoms with Crippen molar-refractivity contribution in [3.8, 4) is 12.3 Å². The summed E-state index contributed by atoms with van der Waals surface area (Å²) >= 11 is 0. The lowest BCUT2D eigenvalue weighted by Gasteiger charge is -2.39. The van der Waals surface area contributed by atoms with E-state index in [0.29, 0.717) is 0 Å². The van der Waals surface area contributed by atoms with Crippen LogP contribution in [0.4, 0.5) is 0 Å². The fourth-order valence-electron chi connectivity index (χ4n) is 1.79. The van der Waals surface area contributed by atoms with Gasteiger partial charge in [-0.2, -0.15) is 0 Å². The smallest absolute Gasteiger partial charge is 0.0622 e. The molecule has 1 aliphatic rings. The highest BCUT2D eigenvalue weighted by Crippen LogP contribution is 2.04. The van der Waals surface area contributed by atoms with Crippen LogP contribution in [0.1, 0.15) is 13.3 Å². The maximum absolute atomic E-state index is 5.30. The van der Waals surface area contributed by atoms with Gasteiger partial charge in [-0.15, -0.1) is 6.42 Å². The van der Waals surface area contributed by atoms with Crippen molar-refractivity contribution in [1.29, 1.82) is 0 Å². The van der Waals surface area contributed by atoms with Crippen LogP contribution in [0.25, 0.3) is 0 Å². The highest BCUT2D eigenvalue weighted by molar-refractivity contribution is 4.88. The van der Waals surface area contributed by atoms with E-state index in [1.165, 1.54) is 6.42 Å². The van der Waals surface area contributed by atoms with Gasteiger partial charge in [0.2, 0.25) is 0 Å². The minimum absolute atomic E-state index is 0.755. The summed E-state index contributed by atoms with van der Waals surface area (Å²) in [6, 6.07) is 0. The van der Waals surface area contributed by atoms with Gasteiger partial charge in [0.1, 0.15) is 0 Å². The number of terminal acetylenes is 1. The van der Waals surface area contributed by atoms with Crippen LogP contribution in [-0.2, 0) is 0 Å². The van der Waals surface area contributed by atoms with Crippen LogP contribution in [-0.4, -0.2) is 54.8 Å². The average Bonchev–Trinajstić information content (AvgIpc) is 2.04. The summed E-state index contributed by atoms with van der Waals surface area (Å²) in [5.41, 5.74) is 0. The first-order valence-corrected chi connectivity index (χ1v) is 4.83. The molecule has 0 amide bonds. The van der Waals surface area contributed by atoms with Crippen molar-refractivity contribution in [2.45, 2.75) is 13.3 Å². The Balaban J connectivity index is 2.38. The van der Waals surface area contributed by atoms with Crippen LogP contribution < -0.4 is 0 Å². The van der Waals surface area contributed by atoms with E-state index in [9.17, 15) is 0 Å². The Hall–Kier alpha value is -0.560. The summed E-state index contributed by atoms with van der Waals surface area (Å²) in [7, 11) is 2.13. The molecule has 1 rings (SSSR count). The summed E-state index contributed by atoms with van der Waals surface area (Å²) in [4.78, 5) is 6.98. The SMILES string of the molecule is C#CCN1CN(C)CN(CCC)C1. The fraction of sp³-hybridized carbons (Fsp3) is 0.800. The molecule has 0 unspecified atom stereocenters. The van der Waals surface area contributed by atoms with E-state index in [1.807, 2.05) is 0 Å². The standard InChI is InChI=1S/C10H19N3/c1-4-6-12-8-11(3)9-13(10-12)7-5-2/h1H,5-10H2,2-3H3. The van der Waals surface area contributed by atoms with Gasteiger partial charge in [0.25, 0.3) is 0 Å². The van der Waals surface area contributed by atoms with Crippen LogP contribution in [0.3, 0.4) is 0 Å². The van der Waals surface area contributed by atoms with Crippen molar-refractivity contribution in [3.63, 3.8) is 0 Å². The predicted octanol–water partition coefficient (Wildman–Crippen LogP) is 0.452. The first kappa shape index (κ1) is 10.5. The zero-order valence-corrected chi connectivity index (χ0v) is 8.66. The number of hydrogen-bond acceptors (Lipinski definition) is 3. The molecule has 0 radical (unpaired) electrons. The molecule has 1 heterocycles. The quantitative estimate of drug-likeness (QED) is 0.585. The first-order chi connectivity index (χ1) is 6.26. The molecule has 1 aliphatic heterocycles. The Morgan fingerprint density at radius 2 is 1.92 bits per heavy atom. The van der Waals surface area contributed by atoms with E-state index in [2.05, 4.69) is 34.6 Å². The molecule has 0 atom stereocenters. The largest absolute Gasteiger partial charge is 0.280 e. The van der Waals surface area contributed by atoms with Gasteiger partial charge < -0.3 is 0 Å². The van der Waals surface area contributed by atoms with Crippen molar-refractivity contribution in [1.82, 2.24) is 14.7 Å². The van der Waals surface area contributed by atoms with Crippen LogP contribution in [0.15, 0.2) is 0 Å². The second-order valence-corrected chi connectivity index (χ2v) is 3.71. The molecule has 13 heavy (non-hydrogen) atoms. The van der Waals surface area contributed by atoms with Gasteiger partial charge in [0, 0.05) is 6.54 Å². The summed E-state index contributed by atoms with van der Waals surface area (Å²) in [5, 5.41) is 0. The first-order valence-electron chi connectivity index (χ1n) is 4.83. The molecule has 0 aromatic heterocycles. The Kier molecular flexibility index (Phi) is 4.23. The zero-order valence-electron chi connectivity index (χ0n) is 8.66. The highest BCUT2D eigenvalue weighted by atomic mass is 15.5. The van der Waals surface area contributed by atoms with E-state index >= 15 is 0 Å². The summed E-state index contributed by atoms with van der Waals surface area (Å²) in [5.74, 6) is 2.69. The molecule has 1 saturated heterocycles. The van der Waals surface area contributed by atoms with E-state index in [0.717, 1.165) is 33.1 Å². The molecule has 3 heteroatoms. The fourth-order valence-corrected chi connectivity index (χ4v) is 1.79. The third kappa shape index (κ3) is 3.35. The topological polar surface area (TPSA) is 9.72 Å². The van der Waals surface area contributed by atoms with Gasteiger partial charge in [-0.3, -0.25) is 14.7 Å². The van der Waals surface area contributed by atoms with Gasteiger partial charge in [0.05, 0.1) is 26.6 Å². The lowest BCUT2D eigenvalue weighted by atomic mass is 10.4. The van der Waals surface area contributed by atoms with E-state index in [4.69, 9.17) is 6.42 Å². The van der Waals surface area contributed by atoms with Crippen LogP contribution in [0, 0.1) is 12.3 Å². The van der Waals surface area contributed by atoms with Gasteiger partial charge >= 0.3 is 0 Å². The predicted molar refractivity (Wildman–Crippen MR) is 54.9 cm³/mol. The Morgan fingerprint density at radius 1 is 1.23 bits per heavy atom. The molecule has 0 saturated carbocycles. The Labute approximate surface area is 81.3 Å². The van der Waals surface area contributed by atoms with E-state index in [-0.39, 0.29) is 0 Å². The normalized spacial score (nSPS) is 21.6. The van der Waals surface area contributed by atoms with Crippen molar-refractivity contribution in [2.75, 3.05) is 40.1 Å². The number of rotatable bonds is 3. The molecule has 74 valence electrons. The van der Waals surface area contributed by atoms with Crippen molar-refractivity contribution < 1.29 is 0 Å². The molecule has 0 N–H and O–H groups in total. The second kappa shape index (κ2) is 5.23. The molecule has 0 bridgehead atoms. The lowest BCUT2D eigenvalue weighted by Crippen LogP contribution is -2.53. The van der Waals surface area contributed by atoms with Crippen molar-refractivity contribution >= 4 is 0 Å². The maximum Gasteiger partial charge on any atom is 0.0622 e. The highest BCUT2D eigenvalue weighted by Gasteiger charge is 2.18. The van der Waals surface area contributed by atoms with Gasteiger partial charge in [-0.1, -0.05) is 12.8 Å². The van der Waals surface area contributed by atoms with Gasteiger partial charge in [0.15, 0.2) is 0 Å². The summed E-state index contributed by atoms with van der Waals surface area (Å²) < 4.78 is 0. The monoisotopic (exact) mass is 181 g/mol. The maximum atomic E-state index is 5.30. The molecule has 1 fully saturated rings. The van der Waals surface area contributed by atoms with Crippen molar-refractivity contribution in [3.05, 3.63) is 0 Å². The number of nitrogens with zero attached hydrogens (tertiary/aromatic N) is 3. The van der Waals surface area contributed by atoms with Crippen LogP contribution >= 0.6 is 0 Å². The second-order valence-electron chi connectivity index (χ2n) is 3.71. The minimum Gasteiger partial charge on any atom is -0.280 e. The van der Waals surface area contributed by atoms with Gasteiger partial charge in [-0.25, -0.2) is 0 Å². The van der Waals surface area contributed by atoms with Gasteiger partial charge in [-0.05, 0) is 13.5 Å².